The molecule has 0 radical (unpaired) electrons. The lowest BCUT2D eigenvalue weighted by atomic mass is 9.93. The molecule has 0 aromatic heterocycles. The van der Waals surface area contributed by atoms with E-state index in [0.717, 1.165) is 32.3 Å². The molecular weight excluding hydrogens is 240 g/mol. The summed E-state index contributed by atoms with van der Waals surface area (Å²) >= 11 is 0. The highest BCUT2D eigenvalue weighted by Crippen LogP contribution is 2.25. The second-order valence-electron chi connectivity index (χ2n) is 4.90. The van der Waals surface area contributed by atoms with Gasteiger partial charge in [-0.25, -0.2) is 0 Å². The molecule has 0 aliphatic carbocycles. The molecule has 0 heteroatoms. The van der Waals surface area contributed by atoms with E-state index in [-0.39, 0.29) is 0 Å². The van der Waals surface area contributed by atoms with E-state index in [1.807, 2.05) is 12.2 Å². The number of hydrogen-bond donors (Lipinski definition) is 0. The largest absolute Gasteiger partial charge is 0.0984 e. The SMILES string of the molecule is C=Cc1cccc2c1c(=C)c(=C)c1c(C=C)cccc12. The molecule has 0 aliphatic rings. The fourth-order valence-corrected chi connectivity index (χ4v) is 2.90. The molecule has 3 aromatic rings. The van der Waals surface area contributed by atoms with Crippen molar-refractivity contribution in [1.29, 1.82) is 0 Å². The Bertz CT molecular complexity index is 878. The Morgan fingerprint density at radius 3 is 1.40 bits per heavy atom. The van der Waals surface area contributed by atoms with Crippen LogP contribution < -0.4 is 10.4 Å². The first-order valence-electron chi connectivity index (χ1n) is 6.59. The van der Waals surface area contributed by atoms with Gasteiger partial charge >= 0.3 is 0 Å². The average molecular weight is 256 g/mol. The molecule has 0 fully saturated rings. The minimum absolute atomic E-state index is 0.970. The molecule has 96 valence electrons. The van der Waals surface area contributed by atoms with E-state index in [4.69, 9.17) is 0 Å². The standard InChI is InChI=1S/C20H16/c1-5-15-9-7-11-17-18-12-8-10-16(6-2)20(18)14(4)13(3)19(15)17/h5-12H,1-4H2. The van der Waals surface area contributed by atoms with E-state index in [2.05, 4.69) is 62.7 Å². The van der Waals surface area contributed by atoms with Crippen molar-refractivity contribution in [2.75, 3.05) is 0 Å². The topological polar surface area (TPSA) is 0 Å². The third-order valence-electron chi connectivity index (χ3n) is 3.89. The minimum atomic E-state index is 0.970. The van der Waals surface area contributed by atoms with Crippen LogP contribution in [0.25, 0.3) is 46.9 Å². The predicted octanol–water partition coefficient (Wildman–Crippen LogP) is 4.10. The van der Waals surface area contributed by atoms with Crippen molar-refractivity contribution in [2.24, 2.45) is 0 Å². The summed E-state index contributed by atoms with van der Waals surface area (Å²) < 4.78 is 0. The van der Waals surface area contributed by atoms with E-state index < -0.39 is 0 Å². The van der Waals surface area contributed by atoms with Crippen molar-refractivity contribution in [3.8, 4) is 0 Å². The summed E-state index contributed by atoms with van der Waals surface area (Å²) in [5.74, 6) is 0. The Hall–Kier alpha value is -2.60. The zero-order valence-corrected chi connectivity index (χ0v) is 11.4. The molecule has 3 rings (SSSR count). The zero-order chi connectivity index (χ0) is 14.3. The van der Waals surface area contributed by atoms with E-state index in [0.29, 0.717) is 0 Å². The van der Waals surface area contributed by atoms with Crippen molar-refractivity contribution in [1.82, 2.24) is 0 Å². The van der Waals surface area contributed by atoms with Crippen LogP contribution >= 0.6 is 0 Å². The first-order valence-corrected chi connectivity index (χ1v) is 6.59. The summed E-state index contributed by atoms with van der Waals surface area (Å²) in [4.78, 5) is 0. The van der Waals surface area contributed by atoms with Crippen LogP contribution in [0.5, 0.6) is 0 Å². The maximum absolute atomic E-state index is 4.24. The Morgan fingerprint density at radius 2 is 1.05 bits per heavy atom. The Balaban J connectivity index is 2.78. The second kappa shape index (κ2) is 4.50. The van der Waals surface area contributed by atoms with Crippen LogP contribution in [-0.4, -0.2) is 0 Å². The molecule has 20 heavy (non-hydrogen) atoms. The van der Waals surface area contributed by atoms with Gasteiger partial charge in [-0.2, -0.15) is 0 Å². The van der Waals surface area contributed by atoms with Gasteiger partial charge in [-0.1, -0.05) is 74.9 Å². The van der Waals surface area contributed by atoms with Crippen LogP contribution in [0.4, 0.5) is 0 Å². The van der Waals surface area contributed by atoms with Gasteiger partial charge in [0.15, 0.2) is 0 Å². The normalized spacial score (nSPS) is 10.8. The fraction of sp³-hybridized carbons (Fsp3) is 0. The molecule has 0 aliphatic heterocycles. The zero-order valence-electron chi connectivity index (χ0n) is 11.4. The minimum Gasteiger partial charge on any atom is -0.0984 e. The van der Waals surface area contributed by atoms with Gasteiger partial charge in [0.1, 0.15) is 0 Å². The monoisotopic (exact) mass is 256 g/mol. The van der Waals surface area contributed by atoms with E-state index in [9.17, 15) is 0 Å². The van der Waals surface area contributed by atoms with Crippen LogP contribution in [0.3, 0.4) is 0 Å². The lowest BCUT2D eigenvalue weighted by Crippen LogP contribution is -2.24. The van der Waals surface area contributed by atoms with Crippen molar-refractivity contribution >= 4 is 46.9 Å². The molecule has 0 saturated carbocycles. The molecular formula is C20H16. The first-order chi connectivity index (χ1) is 9.69. The summed E-state index contributed by atoms with van der Waals surface area (Å²) in [6.45, 7) is 16.3. The van der Waals surface area contributed by atoms with Crippen LogP contribution in [0, 0.1) is 0 Å². The summed E-state index contributed by atoms with van der Waals surface area (Å²) in [5, 5.41) is 6.61. The lowest BCUT2D eigenvalue weighted by Gasteiger charge is -2.11. The third kappa shape index (κ3) is 1.55. The van der Waals surface area contributed by atoms with Crippen molar-refractivity contribution in [3.05, 3.63) is 71.1 Å². The molecule has 0 saturated heterocycles. The highest BCUT2D eigenvalue weighted by molar-refractivity contribution is 6.12. The van der Waals surface area contributed by atoms with Crippen LogP contribution in [0.15, 0.2) is 49.6 Å². The van der Waals surface area contributed by atoms with Gasteiger partial charge < -0.3 is 0 Å². The first kappa shape index (κ1) is 12.4. The van der Waals surface area contributed by atoms with Gasteiger partial charge in [0.2, 0.25) is 0 Å². The summed E-state index contributed by atoms with van der Waals surface area (Å²) in [6, 6.07) is 12.5. The van der Waals surface area contributed by atoms with Gasteiger partial charge in [-0.15, -0.1) is 0 Å². The highest BCUT2D eigenvalue weighted by atomic mass is 14.1. The molecule has 0 amide bonds. The predicted molar refractivity (Wildman–Crippen MR) is 91.9 cm³/mol. The van der Waals surface area contributed by atoms with Crippen LogP contribution in [0.2, 0.25) is 0 Å². The molecule has 0 spiro atoms. The van der Waals surface area contributed by atoms with E-state index >= 15 is 0 Å². The van der Waals surface area contributed by atoms with Gasteiger partial charge in [0, 0.05) is 0 Å². The van der Waals surface area contributed by atoms with Gasteiger partial charge in [0.25, 0.3) is 0 Å². The molecule has 0 bridgehead atoms. The number of hydrogen-bond acceptors (Lipinski definition) is 0. The maximum Gasteiger partial charge on any atom is -0.00328 e. The lowest BCUT2D eigenvalue weighted by molar-refractivity contribution is 1.63. The highest BCUT2D eigenvalue weighted by Gasteiger charge is 2.08. The molecule has 0 atom stereocenters. The van der Waals surface area contributed by atoms with Gasteiger partial charge in [0.05, 0.1) is 0 Å². The van der Waals surface area contributed by atoms with Crippen LogP contribution in [-0.2, 0) is 0 Å². The number of fused-ring (bicyclic) bond motifs is 3. The second-order valence-corrected chi connectivity index (χ2v) is 4.90. The molecule has 0 N–H and O–H groups in total. The van der Waals surface area contributed by atoms with Crippen molar-refractivity contribution in [3.63, 3.8) is 0 Å². The fourth-order valence-electron chi connectivity index (χ4n) is 2.90. The third-order valence-corrected chi connectivity index (χ3v) is 3.89. The van der Waals surface area contributed by atoms with Crippen molar-refractivity contribution in [2.45, 2.75) is 0 Å². The van der Waals surface area contributed by atoms with Crippen molar-refractivity contribution < 1.29 is 0 Å². The molecule has 0 nitrogen and oxygen atoms in total. The van der Waals surface area contributed by atoms with E-state index in [1.54, 1.807) is 0 Å². The molecule has 0 unspecified atom stereocenters. The summed E-state index contributed by atoms with van der Waals surface area (Å²) in [5.41, 5.74) is 2.20. The Labute approximate surface area is 118 Å². The smallest absolute Gasteiger partial charge is 0.00328 e. The molecule has 0 heterocycles. The van der Waals surface area contributed by atoms with Crippen LogP contribution in [0.1, 0.15) is 11.1 Å². The molecule has 3 aromatic carbocycles. The summed E-state index contributed by atoms with van der Waals surface area (Å²) in [6.07, 6.45) is 3.75. The average Bonchev–Trinajstić information content (AvgIpc) is 2.50. The summed E-state index contributed by atoms with van der Waals surface area (Å²) in [7, 11) is 0. The quantitative estimate of drug-likeness (QED) is 0.606. The maximum atomic E-state index is 4.24. The Morgan fingerprint density at radius 1 is 0.650 bits per heavy atom. The number of rotatable bonds is 2. The van der Waals surface area contributed by atoms with E-state index in [1.165, 1.54) is 10.8 Å². The number of benzene rings is 3. The Kier molecular flexibility index (Phi) is 2.80. The van der Waals surface area contributed by atoms with Gasteiger partial charge in [-0.05, 0) is 43.1 Å². The van der Waals surface area contributed by atoms with Gasteiger partial charge in [-0.3, -0.25) is 0 Å².